The number of aromatic nitrogens is 2. The molecule has 0 saturated heterocycles. The van der Waals surface area contributed by atoms with Gasteiger partial charge in [0.15, 0.2) is 0 Å². The van der Waals surface area contributed by atoms with E-state index in [0.29, 0.717) is 12.6 Å². The number of nitrogens with one attached hydrogen (secondary N) is 1. The van der Waals surface area contributed by atoms with Crippen LogP contribution in [-0.4, -0.2) is 21.6 Å². The maximum atomic E-state index is 9.35. The minimum atomic E-state index is -0.129. The highest BCUT2D eigenvalue weighted by Gasteiger charge is 2.25. The van der Waals surface area contributed by atoms with E-state index < -0.39 is 0 Å². The monoisotopic (exact) mass is 268 g/mol. The highest BCUT2D eigenvalue weighted by molar-refractivity contribution is 5.75. The molecule has 1 unspecified atom stereocenters. The Morgan fingerprint density at radius 1 is 1.45 bits per heavy atom. The lowest BCUT2D eigenvalue weighted by molar-refractivity contribution is 0.514. The molecule has 1 fully saturated rings. The molecule has 3 rings (SSSR count). The molecule has 1 saturated carbocycles. The third kappa shape index (κ3) is 2.68. The molecule has 1 aliphatic carbocycles. The fraction of sp³-hybridized carbons (Fsp3) is 0.500. The first-order valence-electron chi connectivity index (χ1n) is 7.41. The fourth-order valence-corrected chi connectivity index (χ4v) is 2.59. The number of fused-ring (bicyclic) bond motifs is 1. The number of benzene rings is 1. The van der Waals surface area contributed by atoms with E-state index >= 15 is 0 Å². The van der Waals surface area contributed by atoms with Crippen molar-refractivity contribution in [2.45, 2.75) is 51.2 Å². The summed E-state index contributed by atoms with van der Waals surface area (Å²) >= 11 is 0. The second-order valence-electron chi connectivity index (χ2n) is 5.50. The van der Waals surface area contributed by atoms with Gasteiger partial charge in [0.2, 0.25) is 0 Å². The van der Waals surface area contributed by atoms with Crippen LogP contribution < -0.4 is 5.32 Å². The van der Waals surface area contributed by atoms with Gasteiger partial charge in [0.1, 0.15) is 11.9 Å². The molecular formula is C16H20N4. The number of hydrogen-bond donors (Lipinski definition) is 1. The largest absolute Gasteiger partial charge is 0.325 e. The van der Waals surface area contributed by atoms with Crippen molar-refractivity contribution in [1.29, 1.82) is 5.26 Å². The Balaban J connectivity index is 1.90. The van der Waals surface area contributed by atoms with Crippen LogP contribution in [0.5, 0.6) is 0 Å². The van der Waals surface area contributed by atoms with E-state index in [4.69, 9.17) is 4.98 Å². The summed E-state index contributed by atoms with van der Waals surface area (Å²) in [5, 5.41) is 12.8. The minimum Gasteiger partial charge on any atom is -0.325 e. The Morgan fingerprint density at radius 3 is 2.95 bits per heavy atom. The number of nitrogens with zero attached hydrogens (tertiary/aromatic N) is 3. The molecule has 1 aromatic heterocycles. The summed E-state index contributed by atoms with van der Waals surface area (Å²) in [6.07, 6.45) is 4.42. The third-order valence-electron chi connectivity index (χ3n) is 3.74. The average Bonchev–Trinajstić information content (AvgIpc) is 3.22. The standard InChI is InChI=1S/C16H20N4/c1-2-5-16-19-14-6-3-4-7-15(14)20(16)11-13(10-17)18-12-8-9-12/h3-4,6-7,12-13,18H,2,5,8-9,11H2,1H3. The third-order valence-corrected chi connectivity index (χ3v) is 3.74. The van der Waals surface area contributed by atoms with Crippen LogP contribution in [-0.2, 0) is 13.0 Å². The van der Waals surface area contributed by atoms with E-state index in [-0.39, 0.29) is 6.04 Å². The van der Waals surface area contributed by atoms with Gasteiger partial charge in [-0.25, -0.2) is 4.98 Å². The highest BCUT2D eigenvalue weighted by Crippen LogP contribution is 2.21. The van der Waals surface area contributed by atoms with Gasteiger partial charge >= 0.3 is 0 Å². The Labute approximate surface area is 119 Å². The van der Waals surface area contributed by atoms with Gasteiger partial charge in [-0.1, -0.05) is 19.1 Å². The molecule has 20 heavy (non-hydrogen) atoms. The SMILES string of the molecule is CCCc1nc2ccccc2n1CC(C#N)NC1CC1. The zero-order valence-electron chi connectivity index (χ0n) is 11.8. The van der Waals surface area contributed by atoms with Gasteiger partial charge in [0.05, 0.1) is 23.6 Å². The molecule has 1 aliphatic rings. The minimum absolute atomic E-state index is 0.129. The van der Waals surface area contributed by atoms with Crippen molar-refractivity contribution in [2.75, 3.05) is 0 Å². The maximum Gasteiger partial charge on any atom is 0.114 e. The Hall–Kier alpha value is -1.86. The van der Waals surface area contributed by atoms with Gasteiger partial charge in [-0.2, -0.15) is 5.26 Å². The topological polar surface area (TPSA) is 53.6 Å². The fourth-order valence-electron chi connectivity index (χ4n) is 2.59. The summed E-state index contributed by atoms with van der Waals surface area (Å²) in [5.41, 5.74) is 2.16. The van der Waals surface area contributed by atoms with E-state index in [9.17, 15) is 5.26 Å². The van der Waals surface area contributed by atoms with Crippen LogP contribution in [0.2, 0.25) is 0 Å². The van der Waals surface area contributed by atoms with Gasteiger partial charge in [0.25, 0.3) is 0 Å². The lowest BCUT2D eigenvalue weighted by Crippen LogP contribution is -2.34. The van der Waals surface area contributed by atoms with Gasteiger partial charge < -0.3 is 4.57 Å². The van der Waals surface area contributed by atoms with Crippen LogP contribution in [0.15, 0.2) is 24.3 Å². The molecule has 0 radical (unpaired) electrons. The first kappa shape index (κ1) is 13.1. The number of aryl methyl sites for hydroxylation is 1. The zero-order valence-corrected chi connectivity index (χ0v) is 11.8. The van der Waals surface area contributed by atoms with Crippen molar-refractivity contribution < 1.29 is 0 Å². The molecule has 1 atom stereocenters. The van der Waals surface area contributed by atoms with E-state index in [0.717, 1.165) is 29.7 Å². The number of rotatable bonds is 6. The van der Waals surface area contributed by atoms with Crippen LogP contribution >= 0.6 is 0 Å². The van der Waals surface area contributed by atoms with E-state index in [1.807, 2.05) is 18.2 Å². The zero-order chi connectivity index (χ0) is 13.9. The molecule has 0 aliphatic heterocycles. The van der Waals surface area contributed by atoms with Gasteiger partial charge in [-0.3, -0.25) is 5.32 Å². The summed E-state index contributed by atoms with van der Waals surface area (Å²) in [6.45, 7) is 2.84. The summed E-state index contributed by atoms with van der Waals surface area (Å²) in [6, 6.07) is 11.0. The van der Waals surface area contributed by atoms with Gasteiger partial charge in [-0.05, 0) is 31.4 Å². The molecular weight excluding hydrogens is 248 g/mol. The average molecular weight is 268 g/mol. The predicted octanol–water partition coefficient (Wildman–Crippen LogP) is 2.63. The summed E-state index contributed by atoms with van der Waals surface area (Å²) in [4.78, 5) is 4.71. The normalized spacial score (nSPS) is 16.2. The van der Waals surface area contributed by atoms with Crippen LogP contribution in [0.3, 0.4) is 0 Å². The van der Waals surface area contributed by atoms with Crippen LogP contribution in [0, 0.1) is 11.3 Å². The Morgan fingerprint density at radius 2 is 2.25 bits per heavy atom. The molecule has 1 aromatic carbocycles. The van der Waals surface area contributed by atoms with Crippen LogP contribution in [0.25, 0.3) is 11.0 Å². The van der Waals surface area contributed by atoms with E-state index in [2.05, 4.69) is 28.9 Å². The first-order valence-corrected chi connectivity index (χ1v) is 7.41. The number of nitriles is 1. The highest BCUT2D eigenvalue weighted by atomic mass is 15.1. The first-order chi connectivity index (χ1) is 9.81. The Bertz CT molecular complexity index is 633. The molecule has 104 valence electrons. The number of hydrogen-bond acceptors (Lipinski definition) is 3. The number of imidazole rings is 1. The van der Waals surface area contributed by atoms with Crippen molar-refractivity contribution in [3.05, 3.63) is 30.1 Å². The smallest absolute Gasteiger partial charge is 0.114 e. The van der Waals surface area contributed by atoms with E-state index in [1.165, 1.54) is 12.8 Å². The molecule has 0 amide bonds. The van der Waals surface area contributed by atoms with Crippen molar-refractivity contribution in [1.82, 2.24) is 14.9 Å². The van der Waals surface area contributed by atoms with Crippen LogP contribution in [0.1, 0.15) is 32.0 Å². The molecule has 2 aromatic rings. The molecule has 1 N–H and O–H groups in total. The van der Waals surface area contributed by atoms with Crippen molar-refractivity contribution in [2.24, 2.45) is 0 Å². The molecule has 4 nitrogen and oxygen atoms in total. The van der Waals surface area contributed by atoms with Crippen LogP contribution in [0.4, 0.5) is 0 Å². The second-order valence-corrected chi connectivity index (χ2v) is 5.50. The summed E-state index contributed by atoms with van der Waals surface area (Å²) < 4.78 is 2.21. The predicted molar refractivity (Wildman–Crippen MR) is 79.3 cm³/mol. The quantitative estimate of drug-likeness (QED) is 0.876. The van der Waals surface area contributed by atoms with Crippen molar-refractivity contribution in [3.8, 4) is 6.07 Å². The van der Waals surface area contributed by atoms with E-state index in [1.54, 1.807) is 0 Å². The summed E-state index contributed by atoms with van der Waals surface area (Å²) in [7, 11) is 0. The van der Waals surface area contributed by atoms with Gasteiger partial charge in [0, 0.05) is 12.5 Å². The molecule has 4 heteroatoms. The summed E-state index contributed by atoms with van der Waals surface area (Å²) in [5.74, 6) is 1.09. The number of para-hydroxylation sites is 2. The van der Waals surface area contributed by atoms with Crippen molar-refractivity contribution >= 4 is 11.0 Å². The van der Waals surface area contributed by atoms with Crippen molar-refractivity contribution in [3.63, 3.8) is 0 Å². The Kier molecular flexibility index (Phi) is 3.70. The second kappa shape index (κ2) is 5.64. The lowest BCUT2D eigenvalue weighted by Gasteiger charge is -2.14. The molecule has 0 spiro atoms. The lowest BCUT2D eigenvalue weighted by atomic mass is 10.2. The molecule has 0 bridgehead atoms. The maximum absolute atomic E-state index is 9.35. The van der Waals surface area contributed by atoms with Gasteiger partial charge in [-0.15, -0.1) is 0 Å². The molecule has 1 heterocycles.